The number of pyridine rings is 1. The van der Waals surface area contributed by atoms with Crippen LogP contribution in [0, 0.1) is 13.8 Å². The number of nitrogens with zero attached hydrogens (tertiary/aromatic N) is 1. The number of nitrogens with one attached hydrogen (secondary N) is 2. The lowest BCUT2D eigenvalue weighted by Gasteiger charge is -2.12. The van der Waals surface area contributed by atoms with Gasteiger partial charge in [-0.3, -0.25) is 4.79 Å². The van der Waals surface area contributed by atoms with E-state index in [1.165, 1.54) is 0 Å². The Morgan fingerprint density at radius 1 is 0.893 bits per heavy atom. The molecule has 1 amide bonds. The van der Waals surface area contributed by atoms with Crippen LogP contribution in [0.5, 0.6) is 11.5 Å². The number of rotatable bonds is 6. The first kappa shape index (κ1) is 19.2. The summed E-state index contributed by atoms with van der Waals surface area (Å²) in [7, 11) is 3.18. The van der Waals surface area contributed by atoms with Crippen molar-refractivity contribution in [3.63, 3.8) is 0 Å². The maximum Gasteiger partial charge on any atom is 0.274 e. The molecule has 3 aromatic rings. The van der Waals surface area contributed by atoms with Gasteiger partial charge in [-0.2, -0.15) is 0 Å². The van der Waals surface area contributed by atoms with Crippen molar-refractivity contribution in [2.75, 3.05) is 24.9 Å². The molecule has 0 radical (unpaired) electrons. The summed E-state index contributed by atoms with van der Waals surface area (Å²) in [4.78, 5) is 16.8. The average Bonchev–Trinajstić information content (AvgIpc) is 2.71. The van der Waals surface area contributed by atoms with Gasteiger partial charge in [0.15, 0.2) is 11.5 Å². The molecule has 0 bridgehead atoms. The Morgan fingerprint density at radius 2 is 1.57 bits per heavy atom. The second-order valence-corrected chi connectivity index (χ2v) is 6.35. The van der Waals surface area contributed by atoms with Crippen molar-refractivity contribution in [2.45, 2.75) is 13.8 Å². The number of aromatic nitrogens is 1. The monoisotopic (exact) mass is 377 g/mol. The number of benzene rings is 2. The zero-order chi connectivity index (χ0) is 20.1. The van der Waals surface area contributed by atoms with E-state index in [1.807, 2.05) is 56.3 Å². The lowest BCUT2D eigenvalue weighted by molar-refractivity contribution is 0.102. The Balaban J connectivity index is 1.72. The van der Waals surface area contributed by atoms with Crippen molar-refractivity contribution in [3.8, 4) is 11.5 Å². The van der Waals surface area contributed by atoms with E-state index >= 15 is 0 Å². The number of methoxy groups -OCH3 is 2. The third-order valence-electron chi connectivity index (χ3n) is 4.39. The highest BCUT2D eigenvalue weighted by atomic mass is 16.5. The molecule has 6 heteroatoms. The molecule has 1 heterocycles. The molecule has 2 aromatic carbocycles. The van der Waals surface area contributed by atoms with Crippen molar-refractivity contribution < 1.29 is 14.3 Å². The molecular formula is C22H23N3O3. The van der Waals surface area contributed by atoms with Gasteiger partial charge in [0, 0.05) is 17.4 Å². The normalized spacial score (nSPS) is 10.3. The fourth-order valence-corrected chi connectivity index (χ4v) is 2.87. The molecule has 0 fully saturated rings. The summed E-state index contributed by atoms with van der Waals surface area (Å²) in [6.07, 6.45) is 1.62. The van der Waals surface area contributed by atoms with Crippen LogP contribution in [0.2, 0.25) is 0 Å². The standard InChI is InChI=1S/C22H23N3O3/c1-14-6-5-7-15(2)21(14)25-22(26)18-10-8-17(13-23-18)24-16-9-11-19(27-3)20(12-16)28-4/h5-13,24H,1-4H3,(H,25,26). The summed E-state index contributed by atoms with van der Waals surface area (Å²) < 4.78 is 10.5. The predicted octanol–water partition coefficient (Wildman–Crippen LogP) is 4.71. The summed E-state index contributed by atoms with van der Waals surface area (Å²) in [5, 5.41) is 6.17. The van der Waals surface area contributed by atoms with Crippen LogP contribution in [0.4, 0.5) is 17.1 Å². The summed E-state index contributed by atoms with van der Waals surface area (Å²) >= 11 is 0. The van der Waals surface area contributed by atoms with Gasteiger partial charge in [0.1, 0.15) is 5.69 Å². The maximum absolute atomic E-state index is 12.5. The van der Waals surface area contributed by atoms with Crippen LogP contribution in [-0.2, 0) is 0 Å². The van der Waals surface area contributed by atoms with E-state index in [9.17, 15) is 4.79 Å². The number of anilines is 3. The molecule has 0 aliphatic rings. The first-order valence-corrected chi connectivity index (χ1v) is 8.84. The van der Waals surface area contributed by atoms with Crippen LogP contribution in [-0.4, -0.2) is 25.1 Å². The third-order valence-corrected chi connectivity index (χ3v) is 4.39. The van der Waals surface area contributed by atoms with Gasteiger partial charge < -0.3 is 20.1 Å². The van der Waals surface area contributed by atoms with Gasteiger partial charge >= 0.3 is 0 Å². The third kappa shape index (κ3) is 4.23. The van der Waals surface area contributed by atoms with Gasteiger partial charge in [0.25, 0.3) is 5.91 Å². The van der Waals surface area contributed by atoms with Gasteiger partial charge in [0.2, 0.25) is 0 Å². The summed E-state index contributed by atoms with van der Waals surface area (Å²) in [6, 6.07) is 14.9. The molecule has 0 saturated carbocycles. The molecule has 3 rings (SSSR count). The zero-order valence-corrected chi connectivity index (χ0v) is 16.4. The summed E-state index contributed by atoms with van der Waals surface area (Å²) in [5.41, 5.74) is 4.78. The highest BCUT2D eigenvalue weighted by Crippen LogP contribution is 2.31. The molecule has 6 nitrogen and oxygen atoms in total. The molecule has 1 aromatic heterocycles. The molecule has 0 saturated heterocycles. The number of carbonyl (C=O) groups excluding carboxylic acids is 1. The minimum Gasteiger partial charge on any atom is -0.493 e. The molecule has 0 aliphatic carbocycles. The summed E-state index contributed by atoms with van der Waals surface area (Å²) in [6.45, 7) is 3.93. The number of hydrogen-bond acceptors (Lipinski definition) is 5. The molecular weight excluding hydrogens is 354 g/mol. The van der Waals surface area contributed by atoms with E-state index in [0.29, 0.717) is 17.2 Å². The molecule has 0 unspecified atom stereocenters. The predicted molar refractivity (Wildman–Crippen MR) is 111 cm³/mol. The lowest BCUT2D eigenvalue weighted by atomic mass is 10.1. The number of amides is 1. The smallest absolute Gasteiger partial charge is 0.274 e. The Morgan fingerprint density at radius 3 is 2.18 bits per heavy atom. The van der Waals surface area contributed by atoms with Gasteiger partial charge in [0.05, 0.1) is 26.1 Å². The van der Waals surface area contributed by atoms with Crippen molar-refractivity contribution in [2.24, 2.45) is 0 Å². The Bertz CT molecular complexity index is 965. The van der Waals surface area contributed by atoms with E-state index in [-0.39, 0.29) is 5.91 Å². The maximum atomic E-state index is 12.5. The number of aryl methyl sites for hydroxylation is 2. The first-order chi connectivity index (χ1) is 13.5. The Labute approximate surface area is 164 Å². The SMILES string of the molecule is COc1ccc(Nc2ccc(C(=O)Nc3c(C)cccc3C)nc2)cc1OC. The first-order valence-electron chi connectivity index (χ1n) is 8.84. The minimum atomic E-state index is -0.241. The van der Waals surface area contributed by atoms with E-state index in [4.69, 9.17) is 9.47 Å². The van der Waals surface area contributed by atoms with Crippen LogP contribution >= 0.6 is 0 Å². The zero-order valence-electron chi connectivity index (χ0n) is 16.4. The molecule has 0 spiro atoms. The van der Waals surface area contributed by atoms with Gasteiger partial charge in [-0.25, -0.2) is 4.98 Å². The lowest BCUT2D eigenvalue weighted by Crippen LogP contribution is -2.15. The number of carbonyl (C=O) groups is 1. The number of para-hydroxylation sites is 1. The van der Waals surface area contributed by atoms with Gasteiger partial charge in [-0.1, -0.05) is 18.2 Å². The molecule has 144 valence electrons. The second kappa shape index (κ2) is 8.43. The average molecular weight is 377 g/mol. The largest absolute Gasteiger partial charge is 0.493 e. The quantitative estimate of drug-likeness (QED) is 0.651. The van der Waals surface area contributed by atoms with E-state index in [2.05, 4.69) is 15.6 Å². The van der Waals surface area contributed by atoms with E-state index < -0.39 is 0 Å². The van der Waals surface area contributed by atoms with Crippen molar-refractivity contribution >= 4 is 23.0 Å². The van der Waals surface area contributed by atoms with E-state index in [1.54, 1.807) is 26.5 Å². The highest BCUT2D eigenvalue weighted by Gasteiger charge is 2.11. The fourth-order valence-electron chi connectivity index (χ4n) is 2.87. The number of ether oxygens (including phenoxy) is 2. The second-order valence-electron chi connectivity index (χ2n) is 6.35. The van der Waals surface area contributed by atoms with E-state index in [0.717, 1.165) is 28.2 Å². The Hall–Kier alpha value is -3.54. The van der Waals surface area contributed by atoms with Crippen LogP contribution < -0.4 is 20.1 Å². The molecule has 2 N–H and O–H groups in total. The molecule has 0 atom stereocenters. The number of hydrogen-bond donors (Lipinski definition) is 2. The summed E-state index contributed by atoms with van der Waals surface area (Å²) in [5.74, 6) is 1.05. The molecule has 28 heavy (non-hydrogen) atoms. The van der Waals surface area contributed by atoms with Crippen molar-refractivity contribution in [3.05, 3.63) is 71.5 Å². The van der Waals surface area contributed by atoms with Gasteiger partial charge in [-0.05, 0) is 49.2 Å². The van der Waals surface area contributed by atoms with Crippen LogP contribution in [0.1, 0.15) is 21.6 Å². The van der Waals surface area contributed by atoms with Crippen LogP contribution in [0.15, 0.2) is 54.7 Å². The minimum absolute atomic E-state index is 0.241. The topological polar surface area (TPSA) is 72.5 Å². The van der Waals surface area contributed by atoms with Crippen molar-refractivity contribution in [1.82, 2.24) is 4.98 Å². The molecule has 0 aliphatic heterocycles. The fraction of sp³-hybridized carbons (Fsp3) is 0.182. The van der Waals surface area contributed by atoms with Crippen LogP contribution in [0.3, 0.4) is 0 Å². The van der Waals surface area contributed by atoms with Crippen LogP contribution in [0.25, 0.3) is 0 Å². The Kier molecular flexibility index (Phi) is 5.79. The van der Waals surface area contributed by atoms with Crippen molar-refractivity contribution in [1.29, 1.82) is 0 Å². The van der Waals surface area contributed by atoms with Gasteiger partial charge in [-0.15, -0.1) is 0 Å². The highest BCUT2D eigenvalue weighted by molar-refractivity contribution is 6.03.